The number of anilines is 2. The van der Waals surface area contributed by atoms with Gasteiger partial charge in [0.15, 0.2) is 0 Å². The Balaban J connectivity index is 1.45. The van der Waals surface area contributed by atoms with Crippen molar-refractivity contribution < 1.29 is 4.79 Å². The van der Waals surface area contributed by atoms with Gasteiger partial charge in [0.25, 0.3) is 5.91 Å². The topological polar surface area (TPSA) is 58.1 Å². The minimum atomic E-state index is -0.174. The molecule has 3 heterocycles. The van der Waals surface area contributed by atoms with Crippen LogP contribution in [0.15, 0.2) is 67.0 Å². The van der Waals surface area contributed by atoms with Gasteiger partial charge < -0.3 is 10.2 Å². The third-order valence-electron chi connectivity index (χ3n) is 5.54. The van der Waals surface area contributed by atoms with Gasteiger partial charge in [-0.1, -0.05) is 30.3 Å². The summed E-state index contributed by atoms with van der Waals surface area (Å²) in [6.45, 7) is 2.10. The average Bonchev–Trinajstić information content (AvgIpc) is 2.79. The van der Waals surface area contributed by atoms with Gasteiger partial charge in [0.2, 0.25) is 0 Å². The Bertz CT molecular complexity index is 1180. The molecular weight excluding hydrogens is 360 g/mol. The molecule has 0 radical (unpaired) electrons. The molecule has 5 nitrogen and oxygen atoms in total. The van der Waals surface area contributed by atoms with Crippen LogP contribution in [0.25, 0.3) is 21.7 Å². The molecule has 1 fully saturated rings. The number of amides is 1. The van der Waals surface area contributed by atoms with Crippen LogP contribution in [0, 0.1) is 0 Å². The predicted octanol–water partition coefficient (Wildman–Crippen LogP) is 5.03. The molecule has 1 aliphatic rings. The van der Waals surface area contributed by atoms with Crippen LogP contribution in [0.2, 0.25) is 0 Å². The lowest BCUT2D eigenvalue weighted by molar-refractivity contribution is 0.102. The molecule has 0 saturated carbocycles. The number of nitrogens with one attached hydrogen (secondary N) is 1. The maximum absolute atomic E-state index is 13.1. The largest absolute Gasteiger partial charge is 0.357 e. The molecule has 1 amide bonds. The Kier molecular flexibility index (Phi) is 4.56. The van der Waals surface area contributed by atoms with E-state index in [4.69, 9.17) is 0 Å². The number of piperidine rings is 1. The monoisotopic (exact) mass is 382 g/mol. The number of carbonyl (C=O) groups excluding carboxylic acids is 1. The van der Waals surface area contributed by atoms with Gasteiger partial charge in [-0.25, -0.2) is 4.98 Å². The van der Waals surface area contributed by atoms with Crippen LogP contribution in [-0.4, -0.2) is 29.0 Å². The summed E-state index contributed by atoms with van der Waals surface area (Å²) in [5.74, 6) is 0.799. The third-order valence-corrected chi connectivity index (χ3v) is 5.54. The van der Waals surface area contributed by atoms with Gasteiger partial charge in [-0.05, 0) is 54.3 Å². The zero-order valence-corrected chi connectivity index (χ0v) is 16.1. The summed E-state index contributed by atoms with van der Waals surface area (Å²) in [7, 11) is 0. The summed E-state index contributed by atoms with van der Waals surface area (Å²) in [4.78, 5) is 24.4. The first-order valence-electron chi connectivity index (χ1n) is 10.1. The molecule has 0 bridgehead atoms. The highest BCUT2D eigenvalue weighted by Crippen LogP contribution is 2.28. The second-order valence-corrected chi connectivity index (χ2v) is 7.45. The summed E-state index contributed by atoms with van der Waals surface area (Å²) in [5.41, 5.74) is 1.97. The zero-order chi connectivity index (χ0) is 19.6. The van der Waals surface area contributed by atoms with Crippen LogP contribution in [0.1, 0.15) is 29.6 Å². The lowest BCUT2D eigenvalue weighted by Gasteiger charge is -2.27. The van der Waals surface area contributed by atoms with E-state index in [0.717, 1.165) is 35.1 Å². The Labute approximate surface area is 169 Å². The molecule has 0 unspecified atom stereocenters. The Morgan fingerprint density at radius 2 is 1.72 bits per heavy atom. The van der Waals surface area contributed by atoms with Gasteiger partial charge in [-0.3, -0.25) is 9.78 Å². The second-order valence-electron chi connectivity index (χ2n) is 7.45. The maximum Gasteiger partial charge on any atom is 0.257 e. The van der Waals surface area contributed by atoms with Gasteiger partial charge in [0, 0.05) is 24.7 Å². The standard InChI is InChI=1S/C24H22N4O/c29-24(27-18-10-11-22(26-16-18)28-13-4-1-5-14-28)21-15-17-7-2-3-8-19(17)20-9-6-12-25-23(20)21/h2-3,6-12,15-16H,1,4-5,13-14H2,(H,27,29). The Morgan fingerprint density at radius 1 is 0.897 bits per heavy atom. The lowest BCUT2D eigenvalue weighted by Crippen LogP contribution is -2.30. The van der Waals surface area contributed by atoms with E-state index in [1.54, 1.807) is 12.4 Å². The lowest BCUT2D eigenvalue weighted by atomic mass is 10.0. The van der Waals surface area contributed by atoms with E-state index < -0.39 is 0 Å². The summed E-state index contributed by atoms with van der Waals surface area (Å²) in [6.07, 6.45) is 7.17. The first-order chi connectivity index (χ1) is 14.3. The fraction of sp³-hybridized carbons (Fsp3) is 0.208. The van der Waals surface area contributed by atoms with E-state index in [9.17, 15) is 4.79 Å². The highest BCUT2D eigenvalue weighted by molar-refractivity contribution is 6.18. The summed E-state index contributed by atoms with van der Waals surface area (Å²) in [6, 6.07) is 17.8. The Morgan fingerprint density at radius 3 is 2.55 bits per heavy atom. The fourth-order valence-corrected chi connectivity index (χ4v) is 4.07. The number of rotatable bonds is 3. The normalized spacial score (nSPS) is 14.3. The van der Waals surface area contributed by atoms with Crippen LogP contribution < -0.4 is 10.2 Å². The van der Waals surface area contributed by atoms with Crippen molar-refractivity contribution in [2.75, 3.05) is 23.3 Å². The highest BCUT2D eigenvalue weighted by atomic mass is 16.1. The molecule has 1 aliphatic heterocycles. The van der Waals surface area contributed by atoms with Gasteiger partial charge >= 0.3 is 0 Å². The van der Waals surface area contributed by atoms with Crippen LogP contribution in [0.3, 0.4) is 0 Å². The molecule has 0 atom stereocenters. The van der Waals surface area contributed by atoms with Crippen LogP contribution >= 0.6 is 0 Å². The first-order valence-corrected chi connectivity index (χ1v) is 10.1. The van der Waals surface area contributed by atoms with E-state index in [2.05, 4.69) is 26.3 Å². The summed E-state index contributed by atoms with van der Waals surface area (Å²) >= 11 is 0. The minimum absolute atomic E-state index is 0.174. The molecule has 144 valence electrons. The molecule has 5 rings (SSSR count). The van der Waals surface area contributed by atoms with Crippen molar-refractivity contribution in [3.05, 3.63) is 72.6 Å². The van der Waals surface area contributed by atoms with Crippen LogP contribution in [0.5, 0.6) is 0 Å². The maximum atomic E-state index is 13.1. The van der Waals surface area contributed by atoms with Gasteiger partial charge in [-0.2, -0.15) is 0 Å². The molecule has 1 N–H and O–H groups in total. The van der Waals surface area contributed by atoms with Crippen LogP contribution in [0.4, 0.5) is 11.5 Å². The van der Waals surface area contributed by atoms with E-state index in [-0.39, 0.29) is 5.91 Å². The van der Waals surface area contributed by atoms with E-state index in [1.807, 2.05) is 48.5 Å². The van der Waals surface area contributed by atoms with Gasteiger partial charge in [-0.15, -0.1) is 0 Å². The minimum Gasteiger partial charge on any atom is -0.357 e. The number of pyridine rings is 2. The quantitative estimate of drug-likeness (QED) is 0.505. The molecule has 2 aromatic carbocycles. The zero-order valence-electron chi connectivity index (χ0n) is 16.1. The van der Waals surface area contributed by atoms with Crippen molar-refractivity contribution in [2.24, 2.45) is 0 Å². The second kappa shape index (κ2) is 7.51. The number of fused-ring (bicyclic) bond motifs is 3. The number of hydrogen-bond donors (Lipinski definition) is 1. The molecule has 5 heteroatoms. The predicted molar refractivity (Wildman–Crippen MR) is 118 cm³/mol. The van der Waals surface area contributed by atoms with Gasteiger partial charge in [0.1, 0.15) is 5.82 Å². The number of aromatic nitrogens is 2. The molecule has 4 aromatic rings. The number of nitrogens with zero attached hydrogens (tertiary/aromatic N) is 3. The first kappa shape index (κ1) is 17.6. The summed E-state index contributed by atoms with van der Waals surface area (Å²) < 4.78 is 0. The Hall–Kier alpha value is -3.47. The van der Waals surface area contributed by atoms with Crippen molar-refractivity contribution in [1.29, 1.82) is 0 Å². The van der Waals surface area contributed by atoms with E-state index in [1.165, 1.54) is 19.3 Å². The fourth-order valence-electron chi connectivity index (χ4n) is 4.07. The third kappa shape index (κ3) is 3.40. The molecule has 0 spiro atoms. The number of carbonyl (C=O) groups is 1. The molecule has 1 saturated heterocycles. The SMILES string of the molecule is O=C(Nc1ccc(N2CCCCC2)nc1)c1cc2ccccc2c2cccnc12. The van der Waals surface area contributed by atoms with Crippen molar-refractivity contribution in [2.45, 2.75) is 19.3 Å². The summed E-state index contributed by atoms with van der Waals surface area (Å²) in [5, 5.41) is 6.09. The molecule has 29 heavy (non-hydrogen) atoms. The average molecular weight is 382 g/mol. The number of hydrogen-bond acceptors (Lipinski definition) is 4. The van der Waals surface area contributed by atoms with Crippen molar-refractivity contribution >= 4 is 39.1 Å². The highest BCUT2D eigenvalue weighted by Gasteiger charge is 2.15. The van der Waals surface area contributed by atoms with Crippen molar-refractivity contribution in [3.8, 4) is 0 Å². The van der Waals surface area contributed by atoms with E-state index >= 15 is 0 Å². The van der Waals surface area contributed by atoms with Crippen molar-refractivity contribution in [3.63, 3.8) is 0 Å². The molecule has 2 aromatic heterocycles. The molecule has 0 aliphatic carbocycles. The van der Waals surface area contributed by atoms with Crippen molar-refractivity contribution in [1.82, 2.24) is 9.97 Å². The van der Waals surface area contributed by atoms with E-state index in [0.29, 0.717) is 16.8 Å². The number of benzene rings is 2. The smallest absolute Gasteiger partial charge is 0.257 e. The molecular formula is C24H22N4O. The van der Waals surface area contributed by atoms with Crippen LogP contribution in [-0.2, 0) is 0 Å². The van der Waals surface area contributed by atoms with Gasteiger partial charge in [0.05, 0.1) is 23.0 Å².